The van der Waals surface area contributed by atoms with Crippen LogP contribution in [0.25, 0.3) is 0 Å². The smallest absolute Gasteiger partial charge is 0.251 e. The van der Waals surface area contributed by atoms with Gasteiger partial charge in [-0.2, -0.15) is 0 Å². The van der Waals surface area contributed by atoms with E-state index in [1.807, 2.05) is 39.0 Å². The molecule has 2 aromatic carbocycles. The number of carbonyl (C=O) groups excluding carboxylic acids is 2. The predicted octanol–water partition coefficient (Wildman–Crippen LogP) is 3.12. The van der Waals surface area contributed by atoms with Crippen molar-refractivity contribution < 1.29 is 9.59 Å². The average Bonchev–Trinajstić information content (AvgIpc) is 2.75. The number of aryl methyl sites for hydroxylation is 3. The molecule has 0 radical (unpaired) electrons. The Hall–Kier alpha value is -2.86. The molecule has 160 valence electrons. The molecule has 1 aliphatic rings. The molecule has 0 spiro atoms. The van der Waals surface area contributed by atoms with Gasteiger partial charge in [-0.25, -0.2) is 0 Å². The molecule has 1 fully saturated rings. The second-order valence-electron chi connectivity index (χ2n) is 7.95. The second kappa shape index (κ2) is 9.76. The van der Waals surface area contributed by atoms with Gasteiger partial charge in [0.1, 0.15) is 0 Å². The molecule has 2 N–H and O–H groups in total. The maximum absolute atomic E-state index is 12.3. The van der Waals surface area contributed by atoms with E-state index in [0.29, 0.717) is 5.56 Å². The van der Waals surface area contributed by atoms with Crippen LogP contribution in [0.4, 0.5) is 11.4 Å². The minimum absolute atomic E-state index is 0.0636. The van der Waals surface area contributed by atoms with Crippen molar-refractivity contribution in [2.24, 2.45) is 0 Å². The van der Waals surface area contributed by atoms with Crippen LogP contribution >= 0.6 is 0 Å². The molecule has 0 saturated carbocycles. The monoisotopic (exact) mass is 408 g/mol. The van der Waals surface area contributed by atoms with Crippen LogP contribution in [0.3, 0.4) is 0 Å². The molecule has 6 nitrogen and oxygen atoms in total. The van der Waals surface area contributed by atoms with Gasteiger partial charge in [0.15, 0.2) is 0 Å². The molecule has 3 rings (SSSR count). The molecule has 30 heavy (non-hydrogen) atoms. The molecular formula is C24H32N4O2. The highest BCUT2D eigenvalue weighted by Gasteiger charge is 2.17. The zero-order valence-corrected chi connectivity index (χ0v) is 18.4. The van der Waals surface area contributed by atoms with Crippen LogP contribution in [-0.4, -0.2) is 56.0 Å². The number of likely N-dealkylation sites (N-methyl/N-ethyl adjacent to an activating group) is 1. The maximum Gasteiger partial charge on any atom is 0.251 e. The first kappa shape index (κ1) is 21.8. The van der Waals surface area contributed by atoms with Gasteiger partial charge in [0.05, 0.1) is 6.54 Å². The molecule has 0 aliphatic carbocycles. The molecule has 0 atom stereocenters. The zero-order chi connectivity index (χ0) is 21.7. The van der Waals surface area contributed by atoms with Gasteiger partial charge < -0.3 is 20.4 Å². The Morgan fingerprint density at radius 3 is 2.27 bits per heavy atom. The maximum atomic E-state index is 12.3. The fourth-order valence-corrected chi connectivity index (χ4v) is 3.65. The number of rotatable bonds is 6. The van der Waals surface area contributed by atoms with Gasteiger partial charge in [-0.1, -0.05) is 13.0 Å². The average molecular weight is 409 g/mol. The van der Waals surface area contributed by atoms with E-state index in [9.17, 15) is 9.59 Å². The van der Waals surface area contributed by atoms with Crippen LogP contribution in [0, 0.1) is 20.8 Å². The summed E-state index contributed by atoms with van der Waals surface area (Å²) in [4.78, 5) is 29.5. The first-order chi connectivity index (χ1) is 14.4. The minimum atomic E-state index is -0.244. The topological polar surface area (TPSA) is 64.7 Å². The fourth-order valence-electron chi connectivity index (χ4n) is 3.65. The lowest BCUT2D eigenvalue weighted by atomic mass is 10.1. The molecule has 6 heteroatoms. The van der Waals surface area contributed by atoms with Gasteiger partial charge in [0.2, 0.25) is 5.91 Å². The molecule has 1 heterocycles. The Morgan fingerprint density at radius 2 is 1.63 bits per heavy atom. The largest absolute Gasteiger partial charge is 0.369 e. The third-order valence-electron chi connectivity index (χ3n) is 5.85. The van der Waals surface area contributed by atoms with Crippen molar-refractivity contribution in [2.75, 3.05) is 49.5 Å². The molecule has 1 saturated heterocycles. The summed E-state index contributed by atoms with van der Waals surface area (Å²) in [6.07, 6.45) is 0. The molecule has 0 aromatic heterocycles. The summed E-state index contributed by atoms with van der Waals surface area (Å²) in [5.74, 6) is -0.480. The van der Waals surface area contributed by atoms with Crippen LogP contribution in [0.2, 0.25) is 0 Å². The Kier molecular flexibility index (Phi) is 7.11. The van der Waals surface area contributed by atoms with E-state index in [1.165, 1.54) is 5.69 Å². The van der Waals surface area contributed by atoms with Gasteiger partial charge in [-0.15, -0.1) is 0 Å². The lowest BCUT2D eigenvalue weighted by molar-refractivity contribution is -0.115. The van der Waals surface area contributed by atoms with E-state index in [2.05, 4.69) is 39.5 Å². The number of benzene rings is 2. The van der Waals surface area contributed by atoms with Gasteiger partial charge in [0, 0.05) is 43.1 Å². The van der Waals surface area contributed by atoms with E-state index in [1.54, 1.807) is 6.07 Å². The quantitative estimate of drug-likeness (QED) is 0.771. The van der Waals surface area contributed by atoms with Crippen molar-refractivity contribution in [3.63, 3.8) is 0 Å². The minimum Gasteiger partial charge on any atom is -0.369 e. The molecule has 0 unspecified atom stereocenters. The molecule has 2 aromatic rings. The van der Waals surface area contributed by atoms with Crippen molar-refractivity contribution >= 4 is 23.2 Å². The van der Waals surface area contributed by atoms with Crippen molar-refractivity contribution in [3.8, 4) is 0 Å². The summed E-state index contributed by atoms with van der Waals surface area (Å²) in [7, 11) is 0. The van der Waals surface area contributed by atoms with Gasteiger partial charge in [-0.3, -0.25) is 9.59 Å². The SMILES string of the molecule is CCN1CCN(c2ccc(NC(=O)CNC(=O)c3ccc(C)c(C)c3)c(C)c2)CC1. The summed E-state index contributed by atoms with van der Waals surface area (Å²) in [5, 5.41) is 5.60. The van der Waals surface area contributed by atoms with Crippen molar-refractivity contribution in [3.05, 3.63) is 58.7 Å². The summed E-state index contributed by atoms with van der Waals surface area (Å²) < 4.78 is 0. The van der Waals surface area contributed by atoms with Crippen LogP contribution in [-0.2, 0) is 4.79 Å². The van der Waals surface area contributed by atoms with Crippen molar-refractivity contribution in [2.45, 2.75) is 27.7 Å². The highest BCUT2D eigenvalue weighted by molar-refractivity contribution is 5.99. The van der Waals surface area contributed by atoms with Crippen LogP contribution < -0.4 is 15.5 Å². The van der Waals surface area contributed by atoms with Crippen molar-refractivity contribution in [1.82, 2.24) is 10.2 Å². The molecule has 2 amide bonds. The number of piperazine rings is 1. The number of nitrogens with zero attached hydrogens (tertiary/aromatic N) is 2. The second-order valence-corrected chi connectivity index (χ2v) is 7.95. The first-order valence-corrected chi connectivity index (χ1v) is 10.6. The molecule has 0 bridgehead atoms. The van der Waals surface area contributed by atoms with E-state index >= 15 is 0 Å². The van der Waals surface area contributed by atoms with E-state index in [0.717, 1.165) is 55.1 Å². The predicted molar refractivity (Wildman–Crippen MR) is 122 cm³/mol. The summed E-state index contributed by atoms with van der Waals surface area (Å²) >= 11 is 0. The lowest BCUT2D eigenvalue weighted by Gasteiger charge is -2.35. The normalized spacial score (nSPS) is 14.5. The number of nitrogens with one attached hydrogen (secondary N) is 2. The summed E-state index contributed by atoms with van der Waals surface area (Å²) in [6, 6.07) is 11.6. The highest BCUT2D eigenvalue weighted by Crippen LogP contribution is 2.23. The Morgan fingerprint density at radius 1 is 0.900 bits per heavy atom. The van der Waals surface area contributed by atoms with Gasteiger partial charge in [-0.05, 0) is 74.3 Å². The Labute approximate surface area is 179 Å². The Balaban J connectivity index is 1.53. The van der Waals surface area contributed by atoms with E-state index in [4.69, 9.17) is 0 Å². The summed E-state index contributed by atoms with van der Waals surface area (Å²) in [5.41, 5.74) is 5.73. The molecule has 1 aliphatic heterocycles. The zero-order valence-electron chi connectivity index (χ0n) is 18.4. The van der Waals surface area contributed by atoms with E-state index < -0.39 is 0 Å². The first-order valence-electron chi connectivity index (χ1n) is 10.6. The molecular weight excluding hydrogens is 376 g/mol. The van der Waals surface area contributed by atoms with E-state index in [-0.39, 0.29) is 18.4 Å². The third kappa shape index (κ3) is 5.39. The van der Waals surface area contributed by atoms with Crippen molar-refractivity contribution in [1.29, 1.82) is 0 Å². The highest BCUT2D eigenvalue weighted by atomic mass is 16.2. The standard InChI is InChI=1S/C24H32N4O2/c1-5-27-10-12-28(13-11-27)21-8-9-22(19(4)15-21)26-23(29)16-25-24(30)20-7-6-17(2)18(3)14-20/h6-9,14-15H,5,10-13,16H2,1-4H3,(H,25,30)(H,26,29). The van der Waals surface area contributed by atoms with Crippen LogP contribution in [0.1, 0.15) is 34.0 Å². The lowest BCUT2D eigenvalue weighted by Crippen LogP contribution is -2.46. The number of hydrogen-bond donors (Lipinski definition) is 2. The van der Waals surface area contributed by atoms with Crippen LogP contribution in [0.5, 0.6) is 0 Å². The number of hydrogen-bond acceptors (Lipinski definition) is 4. The number of carbonyl (C=O) groups is 2. The van der Waals surface area contributed by atoms with Crippen LogP contribution in [0.15, 0.2) is 36.4 Å². The third-order valence-corrected chi connectivity index (χ3v) is 5.85. The Bertz CT molecular complexity index is 917. The number of amides is 2. The van der Waals surface area contributed by atoms with Gasteiger partial charge in [0.25, 0.3) is 5.91 Å². The summed E-state index contributed by atoms with van der Waals surface area (Å²) in [6.45, 7) is 13.4. The fraction of sp³-hybridized carbons (Fsp3) is 0.417. The number of anilines is 2. The van der Waals surface area contributed by atoms with Gasteiger partial charge >= 0.3 is 0 Å².